The molecule has 1 aliphatic carbocycles. The molecule has 3 aromatic rings. The van der Waals surface area contributed by atoms with E-state index in [0.717, 1.165) is 0 Å². The van der Waals surface area contributed by atoms with Crippen molar-refractivity contribution in [2.75, 3.05) is 24.8 Å². The minimum absolute atomic E-state index is 0.0702. The number of anilines is 3. The number of ether oxygens (including phenoxy) is 1. The van der Waals surface area contributed by atoms with Crippen LogP contribution in [-0.2, 0) is 11.8 Å². The van der Waals surface area contributed by atoms with Crippen molar-refractivity contribution in [1.82, 2.24) is 30.5 Å². The highest BCUT2D eigenvalue weighted by atomic mass is 19.3. The van der Waals surface area contributed by atoms with Gasteiger partial charge in [-0.15, -0.1) is 10.2 Å². The molecule has 0 radical (unpaired) electrons. The molecule has 4 rings (SSSR count). The Hall–Kier alpha value is -4.16. The molecule has 172 valence electrons. The number of hydrogen-bond acceptors (Lipinski definition) is 8. The number of nitrogens with one attached hydrogen (secondary N) is 3. The van der Waals surface area contributed by atoms with Gasteiger partial charge >= 0.3 is 0 Å². The normalized spacial score (nSPS) is 16.1. The molecule has 13 heteroatoms. The maximum Gasteiger partial charge on any atom is 0.273 e. The van der Waals surface area contributed by atoms with Crippen molar-refractivity contribution >= 4 is 29.0 Å². The molecule has 2 aromatic heterocycles. The molecule has 2 amide bonds. The van der Waals surface area contributed by atoms with Gasteiger partial charge in [0.1, 0.15) is 11.6 Å². The molecule has 3 N–H and O–H groups in total. The topological polar surface area (TPSA) is 136 Å². The maximum atomic E-state index is 13.2. The quantitative estimate of drug-likeness (QED) is 0.489. The summed E-state index contributed by atoms with van der Waals surface area (Å²) in [4.78, 5) is 25.8. The zero-order valence-corrected chi connectivity index (χ0v) is 17.9. The van der Waals surface area contributed by atoms with Crippen LogP contribution in [0.3, 0.4) is 0 Å². The Morgan fingerprint density at radius 1 is 1.24 bits per heavy atom. The van der Waals surface area contributed by atoms with Gasteiger partial charge in [-0.05, 0) is 12.1 Å². The number of hydrogen-bond donors (Lipinski definition) is 3. The number of aryl methyl sites for hydroxylation is 1. The maximum absolute atomic E-state index is 13.2. The molecule has 33 heavy (non-hydrogen) atoms. The van der Waals surface area contributed by atoms with Gasteiger partial charge < -0.3 is 20.7 Å². The van der Waals surface area contributed by atoms with Crippen LogP contribution < -0.4 is 20.7 Å². The van der Waals surface area contributed by atoms with Crippen LogP contribution in [0, 0.1) is 5.92 Å². The number of benzene rings is 1. The first-order valence-electron chi connectivity index (χ1n) is 9.82. The van der Waals surface area contributed by atoms with E-state index in [4.69, 9.17) is 4.74 Å². The number of rotatable bonds is 7. The third-order valence-corrected chi connectivity index (χ3v) is 4.99. The second-order valence-electron chi connectivity index (χ2n) is 7.31. The van der Waals surface area contributed by atoms with E-state index in [1.54, 1.807) is 31.4 Å². The average Bonchev–Trinajstić information content (AvgIpc) is 3.22. The van der Waals surface area contributed by atoms with E-state index in [1.807, 2.05) is 0 Å². The van der Waals surface area contributed by atoms with Crippen molar-refractivity contribution in [2.24, 2.45) is 13.0 Å². The molecule has 1 aliphatic rings. The molecule has 1 aromatic carbocycles. The zero-order chi connectivity index (χ0) is 23.8. The fourth-order valence-corrected chi connectivity index (χ4v) is 3.22. The van der Waals surface area contributed by atoms with E-state index in [9.17, 15) is 18.4 Å². The van der Waals surface area contributed by atoms with Gasteiger partial charge in [-0.25, -0.2) is 8.78 Å². The minimum atomic E-state index is -3.02. The van der Waals surface area contributed by atoms with Gasteiger partial charge in [0.25, 0.3) is 11.8 Å². The lowest BCUT2D eigenvalue weighted by atomic mass is 10.1. The lowest BCUT2D eigenvalue weighted by Crippen LogP contribution is -2.23. The summed E-state index contributed by atoms with van der Waals surface area (Å²) >= 11 is 0. The number of carbonyl (C=O) groups is 2. The van der Waals surface area contributed by atoms with E-state index in [0.29, 0.717) is 22.7 Å². The number of amides is 2. The van der Waals surface area contributed by atoms with Gasteiger partial charge in [0.05, 0.1) is 24.7 Å². The van der Waals surface area contributed by atoms with E-state index in [1.165, 1.54) is 25.0 Å². The van der Waals surface area contributed by atoms with Crippen LogP contribution in [0.15, 0.2) is 30.5 Å². The van der Waals surface area contributed by atoms with Crippen molar-refractivity contribution in [3.63, 3.8) is 0 Å². The molecule has 0 spiro atoms. The highest BCUT2D eigenvalue weighted by Crippen LogP contribution is 2.49. The number of halogens is 2. The van der Waals surface area contributed by atoms with Gasteiger partial charge in [0.15, 0.2) is 17.3 Å². The molecule has 11 nitrogen and oxygen atoms in total. The SMILES string of the molecule is CNC(=O)c1nnc(NC(=O)C2CC2(F)F)cc1Nc1cccc(-c2cnn(C)n2)c1OC. The molecule has 0 saturated heterocycles. The third kappa shape index (κ3) is 4.42. The fourth-order valence-electron chi connectivity index (χ4n) is 3.22. The summed E-state index contributed by atoms with van der Waals surface area (Å²) in [6.07, 6.45) is 1.06. The summed E-state index contributed by atoms with van der Waals surface area (Å²) in [7, 11) is 4.59. The first-order valence-corrected chi connectivity index (χ1v) is 9.82. The summed E-state index contributed by atoms with van der Waals surface area (Å²) in [6.45, 7) is 0. The van der Waals surface area contributed by atoms with Crippen LogP contribution in [0.5, 0.6) is 5.75 Å². The standard InChI is InChI=1S/C20H20F2N8O3/c1-23-19(32)16-13(7-15(27-28-16)26-18(31)11-8-20(11,21)22)25-12-6-4-5-10(17(12)33-3)14-9-24-30(2)29-14/h4-7,9,11H,8H2,1-3H3,(H,23,32)(H2,25,26,27,31). The van der Waals surface area contributed by atoms with Crippen molar-refractivity contribution in [1.29, 1.82) is 0 Å². The lowest BCUT2D eigenvalue weighted by molar-refractivity contribution is -0.119. The van der Waals surface area contributed by atoms with Crippen molar-refractivity contribution in [3.05, 3.63) is 36.2 Å². The predicted molar refractivity (Wildman–Crippen MR) is 113 cm³/mol. The van der Waals surface area contributed by atoms with Crippen molar-refractivity contribution in [3.8, 4) is 17.0 Å². The molecule has 1 saturated carbocycles. The Bertz CT molecular complexity index is 1230. The van der Waals surface area contributed by atoms with Crippen molar-refractivity contribution in [2.45, 2.75) is 12.3 Å². The average molecular weight is 458 g/mol. The second-order valence-corrected chi connectivity index (χ2v) is 7.31. The van der Waals surface area contributed by atoms with E-state index >= 15 is 0 Å². The second kappa shape index (κ2) is 8.41. The van der Waals surface area contributed by atoms with E-state index in [2.05, 4.69) is 36.3 Å². The zero-order valence-electron chi connectivity index (χ0n) is 17.9. The highest BCUT2D eigenvalue weighted by molar-refractivity contribution is 6.00. The molecule has 0 aliphatic heterocycles. The summed E-state index contributed by atoms with van der Waals surface area (Å²) in [5.74, 6) is -5.49. The van der Waals surface area contributed by atoms with E-state index in [-0.39, 0.29) is 17.2 Å². The minimum Gasteiger partial charge on any atom is -0.494 e. The number of alkyl halides is 2. The number of nitrogens with zero attached hydrogens (tertiary/aromatic N) is 5. The monoisotopic (exact) mass is 458 g/mol. The number of carbonyl (C=O) groups excluding carboxylic acids is 2. The summed E-state index contributed by atoms with van der Waals surface area (Å²) in [5.41, 5.74) is 1.78. The Labute approximate surface area is 186 Å². The van der Waals surface area contributed by atoms with Gasteiger partial charge in [-0.2, -0.15) is 15.0 Å². The van der Waals surface area contributed by atoms with Crippen LogP contribution >= 0.6 is 0 Å². The molecule has 1 atom stereocenters. The Morgan fingerprint density at radius 3 is 2.61 bits per heavy atom. The van der Waals surface area contributed by atoms with Gasteiger partial charge in [-0.1, -0.05) is 6.07 Å². The third-order valence-electron chi connectivity index (χ3n) is 4.99. The number of methoxy groups -OCH3 is 1. The Kier molecular flexibility index (Phi) is 5.62. The van der Waals surface area contributed by atoms with E-state index < -0.39 is 30.1 Å². The molecular weight excluding hydrogens is 438 g/mol. The van der Waals surface area contributed by atoms with Crippen LogP contribution in [-0.4, -0.2) is 57.1 Å². The molecule has 1 unspecified atom stereocenters. The lowest BCUT2D eigenvalue weighted by Gasteiger charge is -2.16. The summed E-state index contributed by atoms with van der Waals surface area (Å²) in [6, 6.07) is 6.58. The Balaban J connectivity index is 1.69. The van der Waals surface area contributed by atoms with Gasteiger partial charge in [0.2, 0.25) is 5.91 Å². The number of para-hydroxylation sites is 1. The first kappa shape index (κ1) is 22.0. The Morgan fingerprint density at radius 2 is 2.00 bits per heavy atom. The van der Waals surface area contributed by atoms with Crippen LogP contribution in [0.1, 0.15) is 16.9 Å². The smallest absolute Gasteiger partial charge is 0.273 e. The van der Waals surface area contributed by atoms with Crippen LogP contribution in [0.4, 0.5) is 26.0 Å². The molecule has 1 fully saturated rings. The number of aromatic nitrogens is 5. The molecule has 0 bridgehead atoms. The van der Waals surface area contributed by atoms with Crippen LogP contribution in [0.25, 0.3) is 11.3 Å². The van der Waals surface area contributed by atoms with Gasteiger partial charge in [0, 0.05) is 32.1 Å². The highest BCUT2D eigenvalue weighted by Gasteiger charge is 2.61. The van der Waals surface area contributed by atoms with Crippen LogP contribution in [0.2, 0.25) is 0 Å². The summed E-state index contributed by atoms with van der Waals surface area (Å²) < 4.78 is 32.0. The summed E-state index contributed by atoms with van der Waals surface area (Å²) in [5, 5.41) is 23.8. The predicted octanol–water partition coefficient (Wildman–Crippen LogP) is 1.98. The molecular formula is C20H20F2N8O3. The fraction of sp³-hybridized carbons (Fsp3) is 0.300. The largest absolute Gasteiger partial charge is 0.494 e. The van der Waals surface area contributed by atoms with Gasteiger partial charge in [-0.3, -0.25) is 9.59 Å². The van der Waals surface area contributed by atoms with Crippen molar-refractivity contribution < 1.29 is 23.1 Å². The molecule has 2 heterocycles. The first-order chi connectivity index (χ1) is 15.7.